The van der Waals surface area contributed by atoms with Crippen molar-refractivity contribution in [1.29, 1.82) is 0 Å². The third-order valence-corrected chi connectivity index (χ3v) is 5.44. The number of rotatable bonds is 4. The summed E-state index contributed by atoms with van der Waals surface area (Å²) in [6.07, 6.45) is 1.40. The van der Waals surface area contributed by atoms with Crippen LogP contribution in [0.4, 0.5) is 19.0 Å². The number of carbonyl (C=O) groups excluding carboxylic acids is 1. The highest BCUT2D eigenvalue weighted by atomic mass is 35.5. The molecule has 0 spiro atoms. The van der Waals surface area contributed by atoms with E-state index in [0.29, 0.717) is 47.3 Å². The van der Waals surface area contributed by atoms with Crippen molar-refractivity contribution < 1.29 is 18.0 Å². The second kappa shape index (κ2) is 7.42. The Hall–Kier alpha value is -2.88. The summed E-state index contributed by atoms with van der Waals surface area (Å²) < 4.78 is 37.6. The molecule has 0 saturated carbocycles. The third-order valence-electron chi connectivity index (χ3n) is 5.24. The van der Waals surface area contributed by atoms with Crippen LogP contribution < -0.4 is 10.2 Å². The number of aromatic nitrogens is 4. The molecule has 30 heavy (non-hydrogen) atoms. The van der Waals surface area contributed by atoms with Crippen molar-refractivity contribution in [2.45, 2.75) is 31.5 Å². The Labute approximate surface area is 174 Å². The van der Waals surface area contributed by atoms with Gasteiger partial charge in [-0.1, -0.05) is 11.6 Å². The molecule has 11 heteroatoms. The number of amides is 1. The Morgan fingerprint density at radius 1 is 1.40 bits per heavy atom. The number of nitrogens with one attached hydrogen (secondary N) is 2. The van der Waals surface area contributed by atoms with Crippen LogP contribution in [-0.2, 0) is 4.79 Å². The van der Waals surface area contributed by atoms with Crippen LogP contribution in [-0.4, -0.2) is 50.6 Å². The normalized spacial score (nSPS) is 19.4. The molecule has 4 heterocycles. The summed E-state index contributed by atoms with van der Waals surface area (Å²) in [7, 11) is 0. The molecule has 0 aromatic carbocycles. The van der Waals surface area contributed by atoms with E-state index in [1.807, 2.05) is 5.32 Å². The Kier molecular flexibility index (Phi) is 5.05. The van der Waals surface area contributed by atoms with Crippen LogP contribution in [0.15, 0.2) is 30.7 Å². The van der Waals surface area contributed by atoms with Crippen molar-refractivity contribution in [2.75, 3.05) is 18.0 Å². The molecule has 4 rings (SSSR count). The van der Waals surface area contributed by atoms with Crippen LogP contribution >= 0.6 is 11.6 Å². The number of halogens is 4. The molecular weight excluding hydrogens is 421 g/mol. The van der Waals surface area contributed by atoms with Gasteiger partial charge in [0.15, 0.2) is 5.82 Å². The van der Waals surface area contributed by atoms with E-state index >= 15 is 0 Å². The zero-order valence-corrected chi connectivity index (χ0v) is 16.7. The Morgan fingerprint density at radius 2 is 2.20 bits per heavy atom. The Morgan fingerprint density at radius 3 is 2.97 bits per heavy atom. The minimum absolute atomic E-state index is 0.396. The van der Waals surface area contributed by atoms with Gasteiger partial charge in [-0.25, -0.2) is 15.0 Å². The lowest BCUT2D eigenvalue weighted by Gasteiger charge is -2.35. The Bertz CT molecular complexity index is 1100. The van der Waals surface area contributed by atoms with E-state index in [4.69, 9.17) is 11.6 Å². The van der Waals surface area contributed by atoms with Crippen LogP contribution in [0.3, 0.4) is 0 Å². The number of fused-ring (bicyclic) bond motifs is 1. The zero-order chi connectivity index (χ0) is 21.5. The van der Waals surface area contributed by atoms with E-state index in [-0.39, 0.29) is 0 Å². The monoisotopic (exact) mass is 438 g/mol. The van der Waals surface area contributed by atoms with Crippen LogP contribution in [0.2, 0.25) is 5.02 Å². The quantitative estimate of drug-likeness (QED) is 0.648. The standard InChI is InChI=1S/C19H18ClF3N6O/c1-18(17(30)27-10-19(21,22)23)4-2-6-29(18)14-3-5-24-16(28-14)13-9-26-15-12(13)7-11(20)8-25-15/h3,5,7-9H,2,4,6,10H2,1H3,(H,25,26)(H,27,30)/t18-/m0/s1. The van der Waals surface area contributed by atoms with Crippen LogP contribution in [0, 0.1) is 0 Å². The summed E-state index contributed by atoms with van der Waals surface area (Å²) in [4.78, 5) is 30.5. The molecule has 1 amide bonds. The van der Waals surface area contributed by atoms with Gasteiger partial charge in [0.25, 0.3) is 0 Å². The maximum absolute atomic E-state index is 12.6. The van der Waals surface area contributed by atoms with E-state index in [2.05, 4.69) is 19.9 Å². The number of nitrogens with zero attached hydrogens (tertiary/aromatic N) is 4. The smallest absolute Gasteiger partial charge is 0.345 e. The van der Waals surface area contributed by atoms with E-state index in [1.165, 1.54) is 6.20 Å². The summed E-state index contributed by atoms with van der Waals surface area (Å²) in [6, 6.07) is 3.39. The third kappa shape index (κ3) is 3.79. The van der Waals surface area contributed by atoms with E-state index in [0.717, 1.165) is 5.39 Å². The maximum atomic E-state index is 12.6. The highest BCUT2D eigenvalue weighted by Gasteiger charge is 2.45. The van der Waals surface area contributed by atoms with Crippen molar-refractivity contribution in [3.8, 4) is 11.4 Å². The van der Waals surface area contributed by atoms with Gasteiger partial charge in [0, 0.05) is 36.1 Å². The first kappa shape index (κ1) is 20.4. The minimum Gasteiger partial charge on any atom is -0.345 e. The topological polar surface area (TPSA) is 86.8 Å². The fraction of sp³-hybridized carbons (Fsp3) is 0.368. The average molecular weight is 439 g/mol. The number of hydrogen-bond donors (Lipinski definition) is 2. The molecule has 0 radical (unpaired) electrons. The predicted octanol–water partition coefficient (Wildman–Crippen LogP) is 3.71. The molecule has 158 valence electrons. The molecule has 3 aromatic heterocycles. The first-order chi connectivity index (χ1) is 14.2. The van der Waals surface area contributed by atoms with Crippen LogP contribution in [0.5, 0.6) is 0 Å². The van der Waals surface area contributed by atoms with Gasteiger partial charge in [-0.15, -0.1) is 0 Å². The van der Waals surface area contributed by atoms with Crippen LogP contribution in [0.25, 0.3) is 22.4 Å². The molecule has 0 aliphatic carbocycles. The van der Waals surface area contributed by atoms with Crippen molar-refractivity contribution in [2.24, 2.45) is 0 Å². The number of carbonyl (C=O) groups is 1. The fourth-order valence-electron chi connectivity index (χ4n) is 3.73. The lowest BCUT2D eigenvalue weighted by Crippen LogP contribution is -2.55. The maximum Gasteiger partial charge on any atom is 0.405 e. The second-order valence-corrected chi connectivity index (χ2v) is 7.75. The van der Waals surface area contributed by atoms with Gasteiger partial charge >= 0.3 is 6.18 Å². The van der Waals surface area contributed by atoms with Crippen molar-refractivity contribution in [3.05, 3.63) is 35.7 Å². The van der Waals surface area contributed by atoms with Crippen molar-refractivity contribution >= 4 is 34.4 Å². The molecule has 3 aromatic rings. The molecule has 1 aliphatic heterocycles. The second-order valence-electron chi connectivity index (χ2n) is 7.32. The molecule has 1 atom stereocenters. The predicted molar refractivity (Wildman–Crippen MR) is 106 cm³/mol. The van der Waals surface area contributed by atoms with Crippen molar-refractivity contribution in [3.63, 3.8) is 0 Å². The zero-order valence-electron chi connectivity index (χ0n) is 15.9. The molecular formula is C19H18ClF3N6O. The van der Waals surface area contributed by atoms with Gasteiger partial charge in [0.1, 0.15) is 23.5 Å². The number of H-pyrrole nitrogens is 1. The lowest BCUT2D eigenvalue weighted by atomic mass is 9.97. The number of anilines is 1. The molecule has 0 unspecified atom stereocenters. The molecule has 2 N–H and O–H groups in total. The van der Waals surface area contributed by atoms with E-state index < -0.39 is 24.2 Å². The number of aromatic amines is 1. The highest BCUT2D eigenvalue weighted by molar-refractivity contribution is 6.31. The summed E-state index contributed by atoms with van der Waals surface area (Å²) in [5.74, 6) is 0.180. The fourth-order valence-corrected chi connectivity index (χ4v) is 3.89. The summed E-state index contributed by atoms with van der Waals surface area (Å²) in [5.41, 5.74) is 0.173. The number of pyridine rings is 1. The van der Waals surface area contributed by atoms with Gasteiger partial charge in [0.05, 0.1) is 5.02 Å². The minimum atomic E-state index is -4.47. The van der Waals surface area contributed by atoms with Gasteiger partial charge in [-0.3, -0.25) is 4.79 Å². The Balaban J connectivity index is 1.66. The molecule has 1 aliphatic rings. The van der Waals surface area contributed by atoms with Gasteiger partial charge < -0.3 is 15.2 Å². The summed E-state index contributed by atoms with van der Waals surface area (Å²) >= 11 is 6.05. The van der Waals surface area contributed by atoms with Gasteiger partial charge in [0.2, 0.25) is 5.91 Å². The SMILES string of the molecule is C[C@@]1(C(=O)NCC(F)(F)F)CCCN1c1ccnc(-c2c[nH]c3ncc(Cl)cc23)n1. The van der Waals surface area contributed by atoms with Crippen molar-refractivity contribution in [1.82, 2.24) is 25.3 Å². The van der Waals surface area contributed by atoms with E-state index in [9.17, 15) is 18.0 Å². The number of alkyl halides is 3. The number of hydrogen-bond acceptors (Lipinski definition) is 5. The average Bonchev–Trinajstić information content (AvgIpc) is 3.29. The molecule has 0 bridgehead atoms. The highest BCUT2D eigenvalue weighted by Crippen LogP contribution is 2.35. The first-order valence-electron chi connectivity index (χ1n) is 9.26. The largest absolute Gasteiger partial charge is 0.405 e. The molecule has 1 fully saturated rings. The van der Waals surface area contributed by atoms with Gasteiger partial charge in [-0.2, -0.15) is 13.2 Å². The van der Waals surface area contributed by atoms with Crippen LogP contribution in [0.1, 0.15) is 19.8 Å². The molecule has 7 nitrogen and oxygen atoms in total. The first-order valence-corrected chi connectivity index (χ1v) is 9.64. The van der Waals surface area contributed by atoms with E-state index in [1.54, 1.807) is 36.4 Å². The summed E-state index contributed by atoms with van der Waals surface area (Å²) in [6.45, 7) is 0.754. The van der Waals surface area contributed by atoms with Gasteiger partial charge in [-0.05, 0) is 31.9 Å². The lowest BCUT2D eigenvalue weighted by molar-refractivity contribution is -0.141. The molecule has 1 saturated heterocycles. The summed E-state index contributed by atoms with van der Waals surface area (Å²) in [5, 5.41) is 3.21.